The molecule has 1 aromatic heterocycles. The van der Waals surface area contributed by atoms with Crippen molar-refractivity contribution in [3.63, 3.8) is 0 Å². The van der Waals surface area contributed by atoms with E-state index < -0.39 is 10.7 Å². The van der Waals surface area contributed by atoms with Crippen LogP contribution in [0.15, 0.2) is 41.8 Å². The van der Waals surface area contributed by atoms with E-state index in [4.69, 9.17) is 0 Å². The maximum atomic E-state index is 12.7. The summed E-state index contributed by atoms with van der Waals surface area (Å²) in [5.74, 6) is -0.692. The molecule has 0 aliphatic rings. The number of ketones is 1. The number of halogens is 1. The molecule has 0 radical (unpaired) electrons. The normalized spacial score (nSPS) is 10.8. The molecule has 0 aliphatic heterocycles. The number of hydrogen-bond acceptors (Lipinski definition) is 4. The van der Waals surface area contributed by atoms with E-state index in [1.807, 2.05) is 0 Å². The highest BCUT2D eigenvalue weighted by molar-refractivity contribution is 7.13. The fraction of sp³-hybridized carbons (Fsp3) is 0. The fourth-order valence-electron chi connectivity index (χ4n) is 1.40. The first kappa shape index (κ1) is 13.1. The molecule has 0 unspecified atom stereocenters. The summed E-state index contributed by atoms with van der Waals surface area (Å²) < 4.78 is 12.7. The number of carbonyl (C=O) groups is 1. The van der Waals surface area contributed by atoms with Crippen molar-refractivity contribution in [3.05, 3.63) is 68.8 Å². The van der Waals surface area contributed by atoms with Gasteiger partial charge in [0.2, 0.25) is 0 Å². The van der Waals surface area contributed by atoms with Gasteiger partial charge in [-0.25, -0.2) is 4.39 Å². The summed E-state index contributed by atoms with van der Waals surface area (Å²) in [6.45, 7) is 0. The molecule has 0 aliphatic carbocycles. The average Bonchev–Trinajstić information content (AvgIpc) is 2.86. The Morgan fingerprint density at radius 1 is 1.32 bits per heavy atom. The van der Waals surface area contributed by atoms with Crippen LogP contribution in [-0.4, -0.2) is 10.7 Å². The summed E-state index contributed by atoms with van der Waals surface area (Å²) >= 11 is 0.996. The van der Waals surface area contributed by atoms with Gasteiger partial charge in [0.05, 0.1) is 4.92 Å². The van der Waals surface area contributed by atoms with Gasteiger partial charge >= 0.3 is 5.00 Å². The van der Waals surface area contributed by atoms with Crippen LogP contribution in [0.25, 0.3) is 6.08 Å². The van der Waals surface area contributed by atoms with E-state index in [-0.39, 0.29) is 10.8 Å². The Labute approximate surface area is 112 Å². The number of benzene rings is 1. The third-order valence-corrected chi connectivity index (χ3v) is 3.24. The van der Waals surface area contributed by atoms with Gasteiger partial charge in [-0.15, -0.1) is 0 Å². The second-order valence-corrected chi connectivity index (χ2v) is 4.57. The van der Waals surface area contributed by atoms with Crippen LogP contribution in [-0.2, 0) is 0 Å². The summed E-state index contributed by atoms with van der Waals surface area (Å²) in [4.78, 5) is 21.7. The number of nitrogens with zero attached hydrogens (tertiary/aromatic N) is 1. The van der Waals surface area contributed by atoms with E-state index in [9.17, 15) is 19.3 Å². The Morgan fingerprint density at radius 3 is 2.58 bits per heavy atom. The highest BCUT2D eigenvalue weighted by atomic mass is 32.1. The monoisotopic (exact) mass is 277 g/mol. The zero-order valence-corrected chi connectivity index (χ0v) is 10.4. The molecule has 0 saturated carbocycles. The van der Waals surface area contributed by atoms with Crippen LogP contribution in [0.1, 0.15) is 15.9 Å². The summed E-state index contributed by atoms with van der Waals surface area (Å²) in [6.07, 6.45) is 2.80. The molecule has 4 nitrogen and oxygen atoms in total. The van der Waals surface area contributed by atoms with Crippen LogP contribution < -0.4 is 0 Å². The van der Waals surface area contributed by atoms with Gasteiger partial charge in [0.15, 0.2) is 5.78 Å². The molecular formula is C13H8FNO3S. The molecule has 19 heavy (non-hydrogen) atoms. The molecule has 1 aromatic carbocycles. The summed E-state index contributed by atoms with van der Waals surface area (Å²) in [6, 6.07) is 6.57. The molecular weight excluding hydrogens is 269 g/mol. The Kier molecular flexibility index (Phi) is 3.82. The van der Waals surface area contributed by atoms with Crippen molar-refractivity contribution in [2.75, 3.05) is 0 Å². The molecule has 2 rings (SSSR count). The second kappa shape index (κ2) is 5.53. The lowest BCUT2D eigenvalue weighted by molar-refractivity contribution is -0.380. The molecule has 0 atom stereocenters. The number of carbonyl (C=O) groups excluding carboxylic acids is 1. The number of allylic oxidation sites excluding steroid dienone is 1. The van der Waals surface area contributed by atoms with Gasteiger partial charge in [-0.1, -0.05) is 11.3 Å². The standard InChI is InChI=1S/C13H8FNO3S/c14-11-4-2-10(3-5-11)12(16)6-1-9-7-13(15(17)18)19-8-9/h1-8H/b6-1+. The van der Waals surface area contributed by atoms with E-state index in [0.29, 0.717) is 11.1 Å². The van der Waals surface area contributed by atoms with Crippen molar-refractivity contribution in [1.82, 2.24) is 0 Å². The quantitative estimate of drug-likeness (QED) is 0.370. The molecule has 1 heterocycles. The predicted molar refractivity (Wildman–Crippen MR) is 70.7 cm³/mol. The topological polar surface area (TPSA) is 60.2 Å². The Bertz CT molecular complexity index is 646. The molecule has 0 spiro atoms. The highest BCUT2D eigenvalue weighted by Gasteiger charge is 2.08. The van der Waals surface area contributed by atoms with Gasteiger partial charge < -0.3 is 0 Å². The van der Waals surface area contributed by atoms with E-state index in [2.05, 4.69) is 0 Å². The zero-order chi connectivity index (χ0) is 13.8. The number of nitro groups is 1. The van der Waals surface area contributed by atoms with E-state index in [0.717, 1.165) is 11.3 Å². The maximum absolute atomic E-state index is 12.7. The molecule has 0 amide bonds. The predicted octanol–water partition coefficient (Wildman–Crippen LogP) is 3.69. The smallest absolute Gasteiger partial charge is 0.289 e. The molecule has 0 N–H and O–H groups in total. The fourth-order valence-corrected chi connectivity index (χ4v) is 2.10. The Balaban J connectivity index is 2.11. The molecule has 0 bridgehead atoms. The minimum atomic E-state index is -0.482. The number of thiophene rings is 1. The second-order valence-electron chi connectivity index (χ2n) is 3.68. The van der Waals surface area contributed by atoms with Gasteiger partial charge in [0.25, 0.3) is 0 Å². The van der Waals surface area contributed by atoms with Crippen LogP contribution in [0.4, 0.5) is 9.39 Å². The lowest BCUT2D eigenvalue weighted by Crippen LogP contribution is -1.93. The van der Waals surface area contributed by atoms with Crippen LogP contribution in [0.2, 0.25) is 0 Å². The number of rotatable bonds is 4. The van der Waals surface area contributed by atoms with Crippen molar-refractivity contribution in [2.45, 2.75) is 0 Å². The van der Waals surface area contributed by atoms with E-state index >= 15 is 0 Å². The van der Waals surface area contributed by atoms with Crippen molar-refractivity contribution in [3.8, 4) is 0 Å². The molecule has 96 valence electrons. The van der Waals surface area contributed by atoms with Crippen LogP contribution >= 0.6 is 11.3 Å². The zero-order valence-electron chi connectivity index (χ0n) is 9.58. The maximum Gasteiger partial charge on any atom is 0.324 e. The van der Waals surface area contributed by atoms with E-state index in [1.165, 1.54) is 42.5 Å². The van der Waals surface area contributed by atoms with Crippen molar-refractivity contribution >= 4 is 28.2 Å². The third kappa shape index (κ3) is 3.32. The first-order valence-corrected chi connectivity index (χ1v) is 6.15. The summed E-state index contributed by atoms with van der Waals surface area (Å²) in [7, 11) is 0. The van der Waals surface area contributed by atoms with Gasteiger partial charge in [-0.3, -0.25) is 14.9 Å². The molecule has 6 heteroatoms. The Hall–Kier alpha value is -2.34. The first-order chi connectivity index (χ1) is 9.06. The third-order valence-electron chi connectivity index (χ3n) is 2.34. The van der Waals surface area contributed by atoms with Gasteiger partial charge in [-0.2, -0.15) is 0 Å². The Morgan fingerprint density at radius 2 is 2.00 bits per heavy atom. The van der Waals surface area contributed by atoms with E-state index in [1.54, 1.807) is 5.38 Å². The minimum Gasteiger partial charge on any atom is -0.289 e. The first-order valence-electron chi connectivity index (χ1n) is 5.27. The molecule has 0 saturated heterocycles. The van der Waals surface area contributed by atoms with Crippen LogP contribution in [0.3, 0.4) is 0 Å². The van der Waals surface area contributed by atoms with Crippen LogP contribution in [0.5, 0.6) is 0 Å². The van der Waals surface area contributed by atoms with Gasteiger partial charge in [-0.05, 0) is 42.0 Å². The molecule has 2 aromatic rings. The van der Waals surface area contributed by atoms with Gasteiger partial charge in [0, 0.05) is 17.0 Å². The average molecular weight is 277 g/mol. The minimum absolute atomic E-state index is 0.0221. The summed E-state index contributed by atoms with van der Waals surface area (Å²) in [5, 5.41) is 12.1. The SMILES string of the molecule is O=C(/C=C/c1csc([N+](=O)[O-])c1)c1ccc(F)cc1. The number of hydrogen-bond donors (Lipinski definition) is 0. The van der Waals surface area contributed by atoms with Crippen molar-refractivity contribution in [1.29, 1.82) is 0 Å². The largest absolute Gasteiger partial charge is 0.324 e. The van der Waals surface area contributed by atoms with Crippen LogP contribution in [0, 0.1) is 15.9 Å². The lowest BCUT2D eigenvalue weighted by atomic mass is 10.1. The molecule has 0 fully saturated rings. The highest BCUT2D eigenvalue weighted by Crippen LogP contribution is 2.23. The van der Waals surface area contributed by atoms with Crippen molar-refractivity contribution < 1.29 is 14.1 Å². The van der Waals surface area contributed by atoms with Crippen molar-refractivity contribution in [2.24, 2.45) is 0 Å². The lowest BCUT2D eigenvalue weighted by Gasteiger charge is -1.94. The summed E-state index contributed by atoms with van der Waals surface area (Å²) in [5.41, 5.74) is 0.953. The van der Waals surface area contributed by atoms with Gasteiger partial charge in [0.1, 0.15) is 5.82 Å².